The molecule has 0 radical (unpaired) electrons. The van der Waals surface area contributed by atoms with Gasteiger partial charge >= 0.3 is 12.2 Å². The van der Waals surface area contributed by atoms with Gasteiger partial charge in [0.25, 0.3) is 0 Å². The van der Waals surface area contributed by atoms with E-state index in [1.54, 1.807) is 19.1 Å². The molecule has 0 fully saturated rings. The number of carbonyl (C=O) groups is 1. The minimum Gasteiger partial charge on any atom is -0.476 e. The molecular weight excluding hydrogens is 323 g/mol. The number of rotatable bonds is 5. The number of alkyl halides is 3. The average molecular weight is 339 g/mol. The molecule has 2 N–H and O–H groups in total. The van der Waals surface area contributed by atoms with Crippen molar-refractivity contribution < 1.29 is 22.7 Å². The van der Waals surface area contributed by atoms with Gasteiger partial charge < -0.3 is 15.4 Å². The molecule has 2 aromatic rings. The number of amides is 2. The first kappa shape index (κ1) is 17.6. The van der Waals surface area contributed by atoms with Crippen LogP contribution >= 0.6 is 0 Å². The molecule has 2 rings (SSSR count). The summed E-state index contributed by atoms with van der Waals surface area (Å²) in [5.41, 5.74) is -0.0369. The zero-order valence-corrected chi connectivity index (χ0v) is 12.9. The molecule has 0 saturated carbocycles. The molecule has 8 heteroatoms. The summed E-state index contributed by atoms with van der Waals surface area (Å²) in [5.74, 6) is 0.272. The maximum atomic E-state index is 12.7. The number of nitrogens with one attached hydrogen (secondary N) is 2. The average Bonchev–Trinajstić information content (AvgIpc) is 2.54. The topological polar surface area (TPSA) is 63.2 Å². The van der Waals surface area contributed by atoms with E-state index >= 15 is 0 Å². The van der Waals surface area contributed by atoms with Gasteiger partial charge in [0.1, 0.15) is 5.69 Å². The lowest BCUT2D eigenvalue weighted by molar-refractivity contribution is -0.137. The molecule has 1 aromatic heterocycles. The highest BCUT2D eigenvalue weighted by molar-refractivity contribution is 5.90. The molecule has 0 spiro atoms. The van der Waals surface area contributed by atoms with Gasteiger partial charge in [0.2, 0.25) is 5.88 Å². The van der Waals surface area contributed by atoms with Crippen LogP contribution in [0.15, 0.2) is 42.6 Å². The van der Waals surface area contributed by atoms with Gasteiger partial charge in [0.15, 0.2) is 0 Å². The van der Waals surface area contributed by atoms with E-state index in [-0.39, 0.29) is 12.4 Å². The van der Waals surface area contributed by atoms with Crippen LogP contribution in [0.25, 0.3) is 0 Å². The van der Waals surface area contributed by atoms with Crippen molar-refractivity contribution >= 4 is 11.7 Å². The lowest BCUT2D eigenvalue weighted by Gasteiger charge is -2.12. The number of carbonyl (C=O) groups excluding carboxylic acids is 1. The third-order valence-corrected chi connectivity index (χ3v) is 3.01. The van der Waals surface area contributed by atoms with Crippen molar-refractivity contribution in [3.8, 4) is 5.88 Å². The Labute approximate surface area is 136 Å². The van der Waals surface area contributed by atoms with Gasteiger partial charge in [-0.3, -0.25) is 0 Å². The van der Waals surface area contributed by atoms with E-state index in [0.29, 0.717) is 17.9 Å². The number of nitrogens with zero attached hydrogens (tertiary/aromatic N) is 1. The van der Waals surface area contributed by atoms with Crippen LogP contribution in [0.3, 0.4) is 0 Å². The summed E-state index contributed by atoms with van der Waals surface area (Å²) in [5, 5.41) is 5.05. The first-order chi connectivity index (χ1) is 11.4. The quantitative estimate of drug-likeness (QED) is 0.870. The minimum atomic E-state index is -4.42. The van der Waals surface area contributed by atoms with Crippen molar-refractivity contribution in [1.82, 2.24) is 10.3 Å². The molecule has 0 atom stereocenters. The standard InChI is InChI=1S/C16H16F3N3O2/c1-2-24-14-13(7-4-8-20-14)22-15(23)21-10-11-5-3-6-12(9-11)16(17,18)19/h3-9H,2,10H2,1H3,(H2,21,22,23). The largest absolute Gasteiger partial charge is 0.476 e. The van der Waals surface area contributed by atoms with Crippen molar-refractivity contribution in [3.05, 3.63) is 53.7 Å². The van der Waals surface area contributed by atoms with Crippen LogP contribution in [0.5, 0.6) is 5.88 Å². The van der Waals surface area contributed by atoms with Gasteiger partial charge in [0.05, 0.1) is 12.2 Å². The van der Waals surface area contributed by atoms with E-state index in [0.717, 1.165) is 12.1 Å². The Balaban J connectivity index is 1.97. The minimum absolute atomic E-state index is 0.0417. The zero-order valence-electron chi connectivity index (χ0n) is 12.9. The number of benzene rings is 1. The Morgan fingerprint density at radius 1 is 1.25 bits per heavy atom. The van der Waals surface area contributed by atoms with E-state index in [9.17, 15) is 18.0 Å². The van der Waals surface area contributed by atoms with Gasteiger partial charge in [-0.1, -0.05) is 12.1 Å². The van der Waals surface area contributed by atoms with Crippen LogP contribution in [0.4, 0.5) is 23.7 Å². The normalized spacial score (nSPS) is 11.0. The number of hydrogen-bond donors (Lipinski definition) is 2. The van der Waals surface area contributed by atoms with Crippen molar-refractivity contribution in [2.75, 3.05) is 11.9 Å². The van der Waals surface area contributed by atoms with Crippen molar-refractivity contribution in [3.63, 3.8) is 0 Å². The Bertz CT molecular complexity index is 705. The Morgan fingerprint density at radius 3 is 2.75 bits per heavy atom. The molecule has 24 heavy (non-hydrogen) atoms. The molecule has 2 amide bonds. The first-order valence-corrected chi connectivity index (χ1v) is 7.19. The van der Waals surface area contributed by atoms with E-state index in [1.807, 2.05) is 0 Å². The van der Waals surface area contributed by atoms with Gasteiger partial charge in [-0.2, -0.15) is 13.2 Å². The van der Waals surface area contributed by atoms with Gasteiger partial charge in [-0.15, -0.1) is 0 Å². The fourth-order valence-electron chi connectivity index (χ4n) is 1.94. The van der Waals surface area contributed by atoms with Crippen molar-refractivity contribution in [1.29, 1.82) is 0 Å². The third kappa shape index (κ3) is 4.87. The summed E-state index contributed by atoms with van der Waals surface area (Å²) in [6, 6.07) is 7.45. The lowest BCUT2D eigenvalue weighted by atomic mass is 10.1. The smallest absolute Gasteiger partial charge is 0.416 e. The second-order valence-electron chi connectivity index (χ2n) is 4.79. The second-order valence-corrected chi connectivity index (χ2v) is 4.79. The number of pyridine rings is 1. The van der Waals surface area contributed by atoms with Crippen LogP contribution in [-0.2, 0) is 12.7 Å². The number of ether oxygens (including phenoxy) is 1. The fraction of sp³-hybridized carbons (Fsp3) is 0.250. The summed E-state index contributed by atoms with van der Waals surface area (Å²) in [4.78, 5) is 15.9. The highest BCUT2D eigenvalue weighted by Gasteiger charge is 2.30. The van der Waals surface area contributed by atoms with Crippen LogP contribution < -0.4 is 15.4 Å². The molecule has 0 aliphatic rings. The number of aromatic nitrogens is 1. The molecule has 1 heterocycles. The molecule has 128 valence electrons. The molecule has 0 unspecified atom stereocenters. The van der Waals surface area contributed by atoms with Crippen molar-refractivity contribution in [2.24, 2.45) is 0 Å². The summed E-state index contributed by atoms with van der Waals surface area (Å²) in [6.07, 6.45) is -2.89. The highest BCUT2D eigenvalue weighted by atomic mass is 19.4. The Kier molecular flexibility index (Phi) is 5.62. The number of halogens is 3. The molecule has 5 nitrogen and oxygen atoms in total. The van der Waals surface area contributed by atoms with E-state index in [1.165, 1.54) is 18.3 Å². The van der Waals surface area contributed by atoms with E-state index < -0.39 is 17.8 Å². The maximum absolute atomic E-state index is 12.7. The first-order valence-electron chi connectivity index (χ1n) is 7.19. The SMILES string of the molecule is CCOc1ncccc1NC(=O)NCc1cccc(C(F)(F)F)c1. The number of hydrogen-bond acceptors (Lipinski definition) is 3. The van der Waals surface area contributed by atoms with Crippen LogP contribution in [0, 0.1) is 0 Å². The highest BCUT2D eigenvalue weighted by Crippen LogP contribution is 2.29. The molecular formula is C16H16F3N3O2. The summed E-state index contributed by atoms with van der Waals surface area (Å²) < 4.78 is 43.2. The van der Waals surface area contributed by atoms with Gasteiger partial charge in [-0.05, 0) is 36.8 Å². The molecule has 0 aliphatic carbocycles. The molecule has 1 aromatic carbocycles. The Hall–Kier alpha value is -2.77. The van der Waals surface area contributed by atoms with Gasteiger partial charge in [-0.25, -0.2) is 9.78 Å². The zero-order chi connectivity index (χ0) is 17.6. The molecule has 0 saturated heterocycles. The predicted octanol–water partition coefficient (Wildman–Crippen LogP) is 3.82. The Morgan fingerprint density at radius 2 is 2.04 bits per heavy atom. The number of urea groups is 1. The summed E-state index contributed by atoms with van der Waals surface area (Å²) in [6.45, 7) is 2.13. The third-order valence-electron chi connectivity index (χ3n) is 3.01. The fourth-order valence-corrected chi connectivity index (χ4v) is 1.94. The lowest BCUT2D eigenvalue weighted by Crippen LogP contribution is -2.28. The van der Waals surface area contributed by atoms with Gasteiger partial charge in [0, 0.05) is 12.7 Å². The van der Waals surface area contributed by atoms with E-state index in [4.69, 9.17) is 4.74 Å². The van der Waals surface area contributed by atoms with Crippen LogP contribution in [0.1, 0.15) is 18.1 Å². The monoisotopic (exact) mass is 339 g/mol. The summed E-state index contributed by atoms with van der Waals surface area (Å²) >= 11 is 0. The van der Waals surface area contributed by atoms with Crippen LogP contribution in [0.2, 0.25) is 0 Å². The van der Waals surface area contributed by atoms with Crippen molar-refractivity contribution in [2.45, 2.75) is 19.6 Å². The summed E-state index contributed by atoms with van der Waals surface area (Å²) in [7, 11) is 0. The molecule has 0 aliphatic heterocycles. The van der Waals surface area contributed by atoms with E-state index in [2.05, 4.69) is 15.6 Å². The molecule has 0 bridgehead atoms. The second kappa shape index (κ2) is 7.67. The predicted molar refractivity (Wildman–Crippen MR) is 82.7 cm³/mol. The number of anilines is 1. The maximum Gasteiger partial charge on any atom is 0.416 e. The van der Waals surface area contributed by atoms with Crippen LogP contribution in [-0.4, -0.2) is 17.6 Å².